The van der Waals surface area contributed by atoms with E-state index < -0.39 is 10.0 Å². The number of nitrogens with zero attached hydrogens (tertiary/aromatic N) is 4. The number of aromatic nitrogens is 2. The van der Waals surface area contributed by atoms with Crippen LogP contribution in [0.4, 0.5) is 16.2 Å². The molecule has 1 saturated heterocycles. The normalized spacial score (nSPS) is 16.4. The Morgan fingerprint density at radius 2 is 1.70 bits per heavy atom. The second-order valence-corrected chi connectivity index (χ2v) is 12.5. The Labute approximate surface area is 235 Å². The summed E-state index contributed by atoms with van der Waals surface area (Å²) >= 11 is 0. The first-order chi connectivity index (χ1) is 19.2. The van der Waals surface area contributed by atoms with Crippen molar-refractivity contribution in [1.82, 2.24) is 19.8 Å². The van der Waals surface area contributed by atoms with Crippen LogP contribution in [-0.4, -0.2) is 66.1 Å². The Morgan fingerprint density at radius 1 is 0.975 bits per heavy atom. The van der Waals surface area contributed by atoms with Gasteiger partial charge in [-0.05, 0) is 80.5 Å². The number of rotatable bonds is 10. The summed E-state index contributed by atoms with van der Waals surface area (Å²) in [6.07, 6.45) is 8.92. The summed E-state index contributed by atoms with van der Waals surface area (Å²) in [6, 6.07) is 14.5. The molecule has 5 rings (SSSR count). The fourth-order valence-electron chi connectivity index (χ4n) is 4.85. The van der Waals surface area contributed by atoms with E-state index >= 15 is 0 Å². The minimum absolute atomic E-state index is 0.0305. The molecule has 0 spiro atoms. The minimum Gasteiger partial charge on any atom is -0.439 e. The van der Waals surface area contributed by atoms with E-state index in [1.165, 1.54) is 12.8 Å². The van der Waals surface area contributed by atoms with Gasteiger partial charge in [0.2, 0.25) is 15.9 Å². The summed E-state index contributed by atoms with van der Waals surface area (Å²) in [5.41, 5.74) is 3.23. The van der Waals surface area contributed by atoms with Crippen LogP contribution in [0.2, 0.25) is 0 Å². The van der Waals surface area contributed by atoms with E-state index in [0.717, 1.165) is 62.2 Å². The van der Waals surface area contributed by atoms with Gasteiger partial charge in [0.25, 0.3) is 0 Å². The van der Waals surface area contributed by atoms with E-state index in [2.05, 4.69) is 24.9 Å². The third kappa shape index (κ3) is 8.15. The van der Waals surface area contributed by atoms with E-state index in [0.29, 0.717) is 23.2 Å². The summed E-state index contributed by atoms with van der Waals surface area (Å²) in [7, 11) is -3.32. The zero-order valence-electron chi connectivity index (χ0n) is 22.9. The molecule has 0 unspecified atom stereocenters. The number of urea groups is 1. The van der Waals surface area contributed by atoms with Crippen LogP contribution in [0.5, 0.6) is 11.6 Å². The average molecular weight is 565 g/mol. The number of piperidine rings is 1. The highest BCUT2D eigenvalue weighted by molar-refractivity contribution is 7.92. The zero-order chi connectivity index (χ0) is 28.1. The summed E-state index contributed by atoms with van der Waals surface area (Å²) in [6.45, 7) is 5.36. The first kappa shape index (κ1) is 27.9. The standard InChI is InChI=1S/C29H36N6O4S/c1-21-3-7-25(18-30-21)32-29(36)35(20-22-4-5-22)26-13-15-34(16-14-26)19-23-6-12-28(31-17-23)39-27-10-8-24(9-11-27)33-40(2,37)38/h3,6-12,17-18,22,26,33H,4-5,13-16,19-20H2,1-2H3,(H,32,36). The fourth-order valence-corrected chi connectivity index (χ4v) is 5.42. The van der Waals surface area contributed by atoms with Gasteiger partial charge in [0, 0.05) is 55.9 Å². The van der Waals surface area contributed by atoms with Crippen molar-refractivity contribution < 1.29 is 17.9 Å². The summed E-state index contributed by atoms with van der Waals surface area (Å²) < 4.78 is 31.0. The number of amides is 2. The SMILES string of the molecule is Cc1ccc(NC(=O)N(CC2CC2)C2CCN(Cc3ccc(Oc4ccc(NS(C)(=O)=O)cc4)nc3)CC2)cn1. The molecule has 3 heterocycles. The molecule has 3 aromatic rings. The summed E-state index contributed by atoms with van der Waals surface area (Å²) in [4.78, 5) is 26.4. The van der Waals surface area contributed by atoms with Gasteiger partial charge in [-0.15, -0.1) is 0 Å². The number of carbonyl (C=O) groups excluding carboxylic acids is 1. The van der Waals surface area contributed by atoms with Crippen molar-refractivity contribution in [1.29, 1.82) is 0 Å². The number of benzene rings is 1. The lowest BCUT2D eigenvalue weighted by atomic mass is 10.0. The molecule has 0 atom stereocenters. The number of aryl methyl sites for hydroxylation is 1. The lowest BCUT2D eigenvalue weighted by molar-refractivity contribution is 0.120. The third-order valence-corrected chi connectivity index (χ3v) is 7.76. The minimum atomic E-state index is -3.32. The molecule has 2 aliphatic rings. The van der Waals surface area contributed by atoms with E-state index in [9.17, 15) is 13.2 Å². The van der Waals surface area contributed by atoms with Crippen LogP contribution in [0.15, 0.2) is 60.9 Å². The number of hydrogen-bond acceptors (Lipinski definition) is 7. The molecule has 1 saturated carbocycles. The molecule has 1 aliphatic carbocycles. The predicted octanol–water partition coefficient (Wildman–Crippen LogP) is 4.86. The van der Waals surface area contributed by atoms with Gasteiger partial charge < -0.3 is 15.0 Å². The first-order valence-corrected chi connectivity index (χ1v) is 15.5. The molecule has 40 heavy (non-hydrogen) atoms. The van der Waals surface area contributed by atoms with E-state index in [-0.39, 0.29) is 12.1 Å². The van der Waals surface area contributed by atoms with Gasteiger partial charge in [-0.2, -0.15) is 0 Å². The molecule has 0 bridgehead atoms. The molecular weight excluding hydrogens is 528 g/mol. The van der Waals surface area contributed by atoms with Crippen molar-refractivity contribution in [2.24, 2.45) is 5.92 Å². The van der Waals surface area contributed by atoms with Crippen molar-refractivity contribution >= 4 is 27.4 Å². The molecule has 212 valence electrons. The van der Waals surface area contributed by atoms with Gasteiger partial charge >= 0.3 is 6.03 Å². The van der Waals surface area contributed by atoms with Crippen molar-refractivity contribution in [2.75, 3.05) is 35.9 Å². The first-order valence-electron chi connectivity index (χ1n) is 13.6. The van der Waals surface area contributed by atoms with Crippen LogP contribution in [0.1, 0.15) is 36.9 Å². The average Bonchev–Trinajstić information content (AvgIpc) is 3.75. The van der Waals surface area contributed by atoms with Crippen LogP contribution in [0, 0.1) is 12.8 Å². The third-order valence-electron chi connectivity index (χ3n) is 7.16. The molecule has 1 aliphatic heterocycles. The fraction of sp³-hybridized carbons (Fsp3) is 0.414. The molecule has 2 fully saturated rings. The number of anilines is 2. The molecule has 1 aromatic carbocycles. The van der Waals surface area contributed by atoms with Gasteiger partial charge in [0.1, 0.15) is 5.75 Å². The Kier molecular flexibility index (Phi) is 8.51. The topological polar surface area (TPSA) is 117 Å². The molecular formula is C29H36N6O4S. The van der Waals surface area contributed by atoms with Crippen LogP contribution in [0.3, 0.4) is 0 Å². The number of carbonyl (C=O) groups is 1. The van der Waals surface area contributed by atoms with E-state index in [4.69, 9.17) is 4.74 Å². The molecule has 2 N–H and O–H groups in total. The van der Waals surface area contributed by atoms with E-state index in [1.54, 1.807) is 30.5 Å². The Morgan fingerprint density at radius 3 is 2.30 bits per heavy atom. The van der Waals surface area contributed by atoms with Gasteiger partial charge in [0.05, 0.1) is 18.1 Å². The van der Waals surface area contributed by atoms with Gasteiger partial charge in [0.15, 0.2) is 0 Å². The van der Waals surface area contributed by atoms with Gasteiger partial charge in [-0.3, -0.25) is 14.6 Å². The second-order valence-electron chi connectivity index (χ2n) is 10.7. The number of nitrogens with one attached hydrogen (secondary N) is 2. The maximum absolute atomic E-state index is 13.2. The quantitative estimate of drug-likeness (QED) is 0.361. The highest BCUT2D eigenvalue weighted by Crippen LogP contribution is 2.32. The van der Waals surface area contributed by atoms with Crippen LogP contribution in [-0.2, 0) is 16.6 Å². The molecule has 10 nitrogen and oxygen atoms in total. The second kappa shape index (κ2) is 12.2. The van der Waals surface area contributed by atoms with E-state index in [1.807, 2.05) is 42.3 Å². The van der Waals surface area contributed by atoms with Gasteiger partial charge in [-0.1, -0.05) is 6.07 Å². The van der Waals surface area contributed by atoms with Crippen molar-refractivity contribution in [3.63, 3.8) is 0 Å². The highest BCUT2D eigenvalue weighted by Gasteiger charge is 2.33. The molecule has 11 heteroatoms. The number of hydrogen-bond donors (Lipinski definition) is 2. The Balaban J connectivity index is 1.11. The van der Waals surface area contributed by atoms with Crippen molar-refractivity contribution in [2.45, 2.75) is 45.2 Å². The maximum Gasteiger partial charge on any atom is 0.322 e. The van der Waals surface area contributed by atoms with Crippen molar-refractivity contribution in [3.05, 3.63) is 72.2 Å². The van der Waals surface area contributed by atoms with Crippen molar-refractivity contribution in [3.8, 4) is 11.6 Å². The van der Waals surface area contributed by atoms with Crippen LogP contribution in [0.25, 0.3) is 0 Å². The summed E-state index contributed by atoms with van der Waals surface area (Å²) in [5, 5.41) is 3.05. The number of ether oxygens (including phenoxy) is 1. The van der Waals surface area contributed by atoms with Crippen LogP contribution >= 0.6 is 0 Å². The molecule has 0 radical (unpaired) electrons. The number of sulfonamides is 1. The Hall–Kier alpha value is -3.70. The zero-order valence-corrected chi connectivity index (χ0v) is 23.7. The predicted molar refractivity (Wildman–Crippen MR) is 155 cm³/mol. The lowest BCUT2D eigenvalue weighted by Gasteiger charge is -2.38. The number of pyridine rings is 2. The molecule has 2 aromatic heterocycles. The monoisotopic (exact) mass is 564 g/mol. The summed E-state index contributed by atoms with van der Waals surface area (Å²) in [5.74, 6) is 1.66. The maximum atomic E-state index is 13.2. The highest BCUT2D eigenvalue weighted by atomic mass is 32.2. The number of likely N-dealkylation sites (tertiary alicyclic amines) is 1. The van der Waals surface area contributed by atoms with Gasteiger partial charge in [-0.25, -0.2) is 18.2 Å². The largest absolute Gasteiger partial charge is 0.439 e. The smallest absolute Gasteiger partial charge is 0.322 e. The van der Waals surface area contributed by atoms with Crippen LogP contribution < -0.4 is 14.8 Å². The lowest BCUT2D eigenvalue weighted by Crippen LogP contribution is -2.49. The molecule has 2 amide bonds. The Bertz CT molecular complexity index is 1390.